The normalized spacial score (nSPS) is 16.5. The van der Waals surface area contributed by atoms with Gasteiger partial charge in [0.25, 0.3) is 0 Å². The van der Waals surface area contributed by atoms with Gasteiger partial charge in [0.2, 0.25) is 0 Å². The van der Waals surface area contributed by atoms with Crippen LogP contribution in [0, 0.1) is 0 Å². The Kier molecular flexibility index (Phi) is 7.32. The standard InChI is InChI=1S/C15H45N4PSSi5/c1-22(2,3)17(19(25(10,11)12)26(13,14)15)20-16(21-20)18(23(4,5)6)24(7,8)9/h1-15H3. The third-order valence-corrected chi connectivity index (χ3v) is 26.6. The number of hydrogen-bond donors (Lipinski definition) is 0. The summed E-state index contributed by atoms with van der Waals surface area (Å²) >= 11 is 2.15. The minimum Gasteiger partial charge on any atom is -0.281 e. The first-order chi connectivity index (χ1) is 11.1. The lowest BCUT2D eigenvalue weighted by Gasteiger charge is -2.53. The van der Waals surface area contributed by atoms with Gasteiger partial charge in [-0.15, -0.1) is 0 Å². The summed E-state index contributed by atoms with van der Waals surface area (Å²) in [4.78, 5) is 0. The van der Waals surface area contributed by atoms with E-state index in [1.165, 1.54) is 0 Å². The van der Waals surface area contributed by atoms with Gasteiger partial charge >= 0.3 is 0 Å². The monoisotopic (exact) mass is 484 g/mol. The molecule has 0 aliphatic carbocycles. The summed E-state index contributed by atoms with van der Waals surface area (Å²) in [5, 5.41) is 0. The van der Waals surface area contributed by atoms with Crippen molar-refractivity contribution in [3.05, 3.63) is 0 Å². The Balaban J connectivity index is 3.51. The molecule has 1 unspecified atom stereocenters. The highest BCUT2D eigenvalue weighted by atomic mass is 32.6. The van der Waals surface area contributed by atoms with Crippen LogP contribution in [0.15, 0.2) is 0 Å². The molecule has 0 radical (unpaired) electrons. The quantitative estimate of drug-likeness (QED) is 0.298. The van der Waals surface area contributed by atoms with E-state index in [4.69, 9.17) is 0 Å². The van der Waals surface area contributed by atoms with Crippen LogP contribution in [0.4, 0.5) is 0 Å². The fraction of sp³-hybridized carbons (Fsp3) is 1.00. The molecule has 0 spiro atoms. The molecule has 0 aromatic carbocycles. The molecule has 1 aromatic rings. The lowest BCUT2D eigenvalue weighted by atomic mass is 11.8. The highest BCUT2D eigenvalue weighted by Crippen LogP contribution is 2.53. The van der Waals surface area contributed by atoms with Crippen molar-refractivity contribution in [1.82, 2.24) is 8.17 Å². The van der Waals surface area contributed by atoms with E-state index in [1.54, 1.807) is 0 Å². The molecule has 1 heterocycles. The van der Waals surface area contributed by atoms with Crippen molar-refractivity contribution < 1.29 is 0 Å². The molecule has 0 saturated heterocycles. The van der Waals surface area contributed by atoms with Gasteiger partial charge in [-0.3, -0.25) is 4.34 Å². The van der Waals surface area contributed by atoms with Gasteiger partial charge in [-0.2, -0.15) is 3.83 Å². The fourth-order valence-corrected chi connectivity index (χ4v) is 41.0. The number of rotatable bonds is 8. The smallest absolute Gasteiger partial charge is 0.149 e. The third-order valence-electron chi connectivity index (χ3n) is 3.93. The Labute approximate surface area is 174 Å². The van der Waals surface area contributed by atoms with Crippen LogP contribution in [0.3, 0.4) is 0 Å². The van der Waals surface area contributed by atoms with E-state index in [0.717, 1.165) is 0 Å². The Hall–Kier alpha value is 1.28. The summed E-state index contributed by atoms with van der Waals surface area (Å²) in [6, 6.07) is 0. The zero-order valence-corrected chi connectivity index (χ0v) is 26.9. The van der Waals surface area contributed by atoms with Gasteiger partial charge in [-0.25, -0.2) is 8.79 Å². The Bertz CT molecular complexity index is 564. The van der Waals surface area contributed by atoms with Crippen molar-refractivity contribution in [3.63, 3.8) is 0 Å². The van der Waals surface area contributed by atoms with Gasteiger partial charge in [0.05, 0.1) is 0 Å². The maximum atomic E-state index is 2.98. The number of nitrogens with zero attached hydrogens (tertiary/aromatic N) is 4. The predicted octanol–water partition coefficient (Wildman–Crippen LogP) is 6.80. The van der Waals surface area contributed by atoms with Crippen molar-refractivity contribution >= 4 is 59.3 Å². The molecule has 26 heavy (non-hydrogen) atoms. The van der Waals surface area contributed by atoms with Crippen LogP contribution in [0.1, 0.15) is 0 Å². The first-order valence-electron chi connectivity index (χ1n) is 9.78. The Morgan fingerprint density at radius 2 is 0.885 bits per heavy atom. The summed E-state index contributed by atoms with van der Waals surface area (Å²) < 4.78 is 11.6. The molecule has 0 saturated carbocycles. The van der Waals surface area contributed by atoms with Crippen molar-refractivity contribution in [1.29, 1.82) is 0 Å². The highest BCUT2D eigenvalue weighted by molar-refractivity contribution is 8.01. The van der Waals surface area contributed by atoms with Crippen LogP contribution in [0.2, 0.25) is 98.2 Å². The summed E-state index contributed by atoms with van der Waals surface area (Å²) in [6.07, 6.45) is 0. The fourth-order valence-electron chi connectivity index (χ4n) is 4.00. The molecule has 11 heteroatoms. The van der Waals surface area contributed by atoms with Gasteiger partial charge in [0.15, 0.2) is 0 Å². The molecule has 0 N–H and O–H groups in total. The molecule has 1 atom stereocenters. The van der Waals surface area contributed by atoms with Gasteiger partial charge in [-0.1, -0.05) is 98.2 Å². The highest BCUT2D eigenvalue weighted by Gasteiger charge is 2.49. The van der Waals surface area contributed by atoms with Crippen molar-refractivity contribution in [2.75, 3.05) is 8.79 Å². The van der Waals surface area contributed by atoms with E-state index < -0.39 is 41.2 Å². The first-order valence-corrected chi connectivity index (χ1v) is 29.6. The molecular weight excluding hydrogens is 440 g/mol. The Morgan fingerprint density at radius 3 is 1.12 bits per heavy atom. The topological polar surface area (TPSA) is 14.7 Å². The molecule has 1 rings (SSSR count). The lowest BCUT2D eigenvalue weighted by Crippen LogP contribution is -2.71. The minimum absolute atomic E-state index is 0.265. The average Bonchev–Trinajstić information content (AvgIpc) is 2.95. The van der Waals surface area contributed by atoms with E-state index in [-0.39, 0.29) is 7.02 Å². The van der Waals surface area contributed by atoms with E-state index in [1.807, 2.05) is 0 Å². The zero-order chi connectivity index (χ0) is 21.1. The minimum atomic E-state index is -1.48. The van der Waals surface area contributed by atoms with Crippen LogP contribution >= 0.6 is 18.2 Å². The lowest BCUT2D eigenvalue weighted by molar-refractivity contribution is 0.684. The number of hydrogen-bond acceptors (Lipinski definition) is 4. The maximum Gasteiger partial charge on any atom is 0.149 e. The van der Waals surface area contributed by atoms with Gasteiger partial charge < -0.3 is 0 Å². The average molecular weight is 485 g/mol. The van der Waals surface area contributed by atoms with Crippen LogP contribution < -0.4 is 8.79 Å². The molecule has 4 nitrogen and oxygen atoms in total. The Morgan fingerprint density at radius 1 is 0.538 bits per heavy atom. The van der Waals surface area contributed by atoms with E-state index >= 15 is 0 Å². The van der Waals surface area contributed by atoms with E-state index in [2.05, 4.69) is 126 Å². The summed E-state index contributed by atoms with van der Waals surface area (Å²) in [6.45, 7) is 38.0. The number of aromatic nitrogens is 1. The molecule has 156 valence electrons. The second-order valence-corrected chi connectivity index (χ2v) is 41.0. The summed E-state index contributed by atoms with van der Waals surface area (Å²) in [5.41, 5.74) is 0. The molecule has 0 aliphatic heterocycles. The van der Waals surface area contributed by atoms with Crippen molar-refractivity contribution in [2.24, 2.45) is 0 Å². The molecule has 1 aromatic heterocycles. The van der Waals surface area contributed by atoms with Crippen LogP contribution in [-0.2, 0) is 0 Å². The van der Waals surface area contributed by atoms with Crippen LogP contribution in [0.25, 0.3) is 0 Å². The van der Waals surface area contributed by atoms with E-state index in [9.17, 15) is 0 Å². The second kappa shape index (κ2) is 7.52. The number of hydrazine groups is 1. The molecule has 0 fully saturated rings. The van der Waals surface area contributed by atoms with Crippen LogP contribution in [0.5, 0.6) is 0 Å². The van der Waals surface area contributed by atoms with Gasteiger partial charge in [0.1, 0.15) is 48.2 Å². The second-order valence-electron chi connectivity index (χ2n) is 12.4. The molecular formula is C15H45N4PSSi5. The summed E-state index contributed by atoms with van der Waals surface area (Å²) in [5.74, 6) is 0. The van der Waals surface area contributed by atoms with E-state index in [0.29, 0.717) is 0 Å². The molecule has 0 amide bonds. The van der Waals surface area contributed by atoms with Crippen molar-refractivity contribution in [3.8, 4) is 0 Å². The van der Waals surface area contributed by atoms with Crippen molar-refractivity contribution in [2.45, 2.75) is 98.2 Å². The first kappa shape index (κ1) is 25.3. The van der Waals surface area contributed by atoms with Gasteiger partial charge in [0, 0.05) is 11.1 Å². The zero-order valence-electron chi connectivity index (χ0n) is 20.1. The largest absolute Gasteiger partial charge is 0.281 e. The third kappa shape index (κ3) is 6.14. The predicted molar refractivity (Wildman–Crippen MR) is 140 cm³/mol. The van der Waals surface area contributed by atoms with Gasteiger partial charge in [-0.05, 0) is 0 Å². The SMILES string of the molecule is C[Si](C)(C)N(N([Si](C)(C)C)[Si](C)(C)C)p1sn1N([Si](C)(C)C)[Si](C)(C)C. The van der Waals surface area contributed by atoms with Crippen LogP contribution in [-0.4, -0.2) is 49.3 Å². The summed E-state index contributed by atoms with van der Waals surface area (Å²) in [7, 11) is -7.39. The molecule has 0 aliphatic rings. The maximum absolute atomic E-state index is 2.98. The molecule has 0 bridgehead atoms.